The lowest BCUT2D eigenvalue weighted by Gasteiger charge is -2.12. The van der Waals surface area contributed by atoms with E-state index in [1.54, 1.807) is 0 Å². The van der Waals surface area contributed by atoms with Crippen LogP contribution in [0.25, 0.3) is 11.4 Å². The van der Waals surface area contributed by atoms with E-state index in [0.29, 0.717) is 12.1 Å². The van der Waals surface area contributed by atoms with Crippen LogP contribution in [-0.4, -0.2) is 14.8 Å². The van der Waals surface area contributed by atoms with E-state index in [1.165, 1.54) is 29.8 Å². The summed E-state index contributed by atoms with van der Waals surface area (Å²) in [4.78, 5) is 0. The van der Waals surface area contributed by atoms with Crippen molar-refractivity contribution in [2.75, 3.05) is 0 Å². The van der Waals surface area contributed by atoms with Gasteiger partial charge in [-0.05, 0) is 6.07 Å². The summed E-state index contributed by atoms with van der Waals surface area (Å²) < 4.78 is 85.8. The van der Waals surface area contributed by atoms with E-state index in [9.17, 15) is 26.3 Å². The minimum absolute atomic E-state index is 0.0186. The highest BCUT2D eigenvalue weighted by Crippen LogP contribution is 2.36. The van der Waals surface area contributed by atoms with Gasteiger partial charge in [-0.3, -0.25) is 0 Å². The third-order valence-electron chi connectivity index (χ3n) is 3.75. The van der Waals surface area contributed by atoms with Gasteiger partial charge in [-0.2, -0.15) is 13.2 Å². The monoisotopic (exact) mass is 387 g/mol. The smallest absolute Gasteiger partial charge is 0.417 e. The summed E-state index contributed by atoms with van der Waals surface area (Å²) in [7, 11) is 1.39. The molecule has 3 rings (SSSR count). The van der Waals surface area contributed by atoms with Gasteiger partial charge in [0.1, 0.15) is 12.4 Å². The van der Waals surface area contributed by atoms with E-state index >= 15 is 0 Å². The van der Waals surface area contributed by atoms with Gasteiger partial charge in [0.15, 0.2) is 29.0 Å². The molecule has 1 aromatic heterocycles. The van der Waals surface area contributed by atoms with E-state index in [0.717, 1.165) is 6.07 Å². The third kappa shape index (κ3) is 3.74. The van der Waals surface area contributed by atoms with Crippen molar-refractivity contribution in [2.24, 2.45) is 7.05 Å². The quantitative estimate of drug-likeness (QED) is 0.619. The van der Waals surface area contributed by atoms with Gasteiger partial charge in [-0.15, -0.1) is 10.2 Å². The summed E-state index contributed by atoms with van der Waals surface area (Å²) >= 11 is 0. The SMILES string of the molecule is Cn1c(COc2c(F)cc(F)cc2F)nnc1-c1ccccc1C(F)(F)F. The number of ether oxygens (including phenoxy) is 1. The van der Waals surface area contributed by atoms with Crippen LogP contribution in [0.4, 0.5) is 26.3 Å². The van der Waals surface area contributed by atoms with Crippen LogP contribution in [0, 0.1) is 17.5 Å². The van der Waals surface area contributed by atoms with E-state index in [1.807, 2.05) is 0 Å². The van der Waals surface area contributed by atoms with E-state index in [2.05, 4.69) is 10.2 Å². The highest BCUT2D eigenvalue weighted by atomic mass is 19.4. The van der Waals surface area contributed by atoms with Crippen molar-refractivity contribution < 1.29 is 31.1 Å². The van der Waals surface area contributed by atoms with Crippen molar-refractivity contribution in [3.8, 4) is 17.1 Å². The Kier molecular flexibility index (Phi) is 4.81. The molecule has 27 heavy (non-hydrogen) atoms. The maximum Gasteiger partial charge on any atom is 0.417 e. The van der Waals surface area contributed by atoms with Gasteiger partial charge in [-0.1, -0.05) is 18.2 Å². The predicted octanol–water partition coefficient (Wildman–Crippen LogP) is 4.50. The van der Waals surface area contributed by atoms with Gasteiger partial charge in [0.2, 0.25) is 0 Å². The fraction of sp³-hybridized carbons (Fsp3) is 0.176. The number of rotatable bonds is 4. The molecule has 3 aromatic rings. The van der Waals surface area contributed by atoms with Gasteiger partial charge < -0.3 is 9.30 Å². The largest absolute Gasteiger partial charge is 0.479 e. The summed E-state index contributed by atoms with van der Waals surface area (Å²) in [6.45, 7) is -0.489. The zero-order valence-electron chi connectivity index (χ0n) is 13.7. The summed E-state index contributed by atoms with van der Waals surface area (Å²) in [6.07, 6.45) is -4.60. The molecule has 0 amide bonds. The first kappa shape index (κ1) is 18.7. The Hall–Kier alpha value is -3.04. The second-order valence-electron chi connectivity index (χ2n) is 5.53. The Morgan fingerprint density at radius 3 is 2.26 bits per heavy atom. The number of aromatic nitrogens is 3. The second-order valence-corrected chi connectivity index (χ2v) is 5.53. The average Bonchev–Trinajstić information content (AvgIpc) is 2.94. The average molecular weight is 387 g/mol. The van der Waals surface area contributed by atoms with Gasteiger partial charge in [0, 0.05) is 24.7 Å². The third-order valence-corrected chi connectivity index (χ3v) is 3.75. The van der Waals surface area contributed by atoms with Crippen molar-refractivity contribution in [1.29, 1.82) is 0 Å². The summed E-state index contributed by atoms with van der Waals surface area (Å²) in [6, 6.07) is 5.69. The molecule has 0 saturated carbocycles. The van der Waals surface area contributed by atoms with Crippen LogP contribution in [0.3, 0.4) is 0 Å². The lowest BCUT2D eigenvalue weighted by molar-refractivity contribution is -0.137. The van der Waals surface area contributed by atoms with E-state index in [4.69, 9.17) is 4.74 Å². The highest BCUT2D eigenvalue weighted by Gasteiger charge is 2.34. The van der Waals surface area contributed by atoms with Gasteiger partial charge in [0.25, 0.3) is 0 Å². The first-order chi connectivity index (χ1) is 12.7. The topological polar surface area (TPSA) is 39.9 Å². The van der Waals surface area contributed by atoms with Crippen LogP contribution < -0.4 is 4.74 Å². The first-order valence-corrected chi connectivity index (χ1v) is 7.50. The number of hydrogen-bond donors (Lipinski definition) is 0. The Balaban J connectivity index is 1.90. The molecule has 0 saturated heterocycles. The molecule has 142 valence electrons. The molecule has 1 heterocycles. The van der Waals surface area contributed by atoms with Crippen LogP contribution in [0.5, 0.6) is 5.75 Å². The highest BCUT2D eigenvalue weighted by molar-refractivity contribution is 5.61. The molecule has 0 bridgehead atoms. The Morgan fingerprint density at radius 1 is 1.00 bits per heavy atom. The van der Waals surface area contributed by atoms with E-state index in [-0.39, 0.29) is 17.2 Å². The number of halogens is 6. The summed E-state index contributed by atoms with van der Waals surface area (Å²) in [5.74, 6) is -4.51. The molecule has 4 nitrogen and oxygen atoms in total. The minimum Gasteiger partial charge on any atom is -0.479 e. The van der Waals surface area contributed by atoms with Crippen LogP contribution in [0.15, 0.2) is 36.4 Å². The molecule has 0 radical (unpaired) electrons. The van der Waals surface area contributed by atoms with Gasteiger partial charge in [-0.25, -0.2) is 13.2 Å². The molecule has 0 spiro atoms. The molecular weight excluding hydrogens is 376 g/mol. The fourth-order valence-corrected chi connectivity index (χ4v) is 2.45. The van der Waals surface area contributed by atoms with E-state index < -0.39 is 41.5 Å². The van der Waals surface area contributed by atoms with Crippen molar-refractivity contribution in [3.63, 3.8) is 0 Å². The predicted molar refractivity (Wildman–Crippen MR) is 82.1 cm³/mol. The molecule has 0 N–H and O–H groups in total. The van der Waals surface area contributed by atoms with Crippen LogP contribution >= 0.6 is 0 Å². The second kappa shape index (κ2) is 6.93. The minimum atomic E-state index is -4.60. The lowest BCUT2D eigenvalue weighted by Crippen LogP contribution is -2.10. The number of hydrogen-bond acceptors (Lipinski definition) is 3. The van der Waals surface area contributed by atoms with Crippen molar-refractivity contribution in [1.82, 2.24) is 14.8 Å². The lowest BCUT2D eigenvalue weighted by atomic mass is 10.1. The van der Waals surface area contributed by atoms with Crippen LogP contribution in [-0.2, 0) is 19.8 Å². The standard InChI is InChI=1S/C17H11F6N3O/c1-26-14(8-27-15-12(19)6-9(18)7-13(15)20)24-25-16(26)10-4-2-3-5-11(10)17(21,22)23/h2-7H,8H2,1H3. The summed E-state index contributed by atoms with van der Waals surface area (Å²) in [5.41, 5.74) is -1.10. The zero-order chi connectivity index (χ0) is 19.8. The molecule has 0 aliphatic heterocycles. The summed E-state index contributed by atoms with van der Waals surface area (Å²) in [5, 5.41) is 7.43. The van der Waals surface area contributed by atoms with Gasteiger partial charge >= 0.3 is 6.18 Å². The maximum absolute atomic E-state index is 13.6. The molecule has 0 aliphatic rings. The molecule has 0 atom stereocenters. The number of nitrogens with zero attached hydrogens (tertiary/aromatic N) is 3. The van der Waals surface area contributed by atoms with Gasteiger partial charge in [0.05, 0.1) is 5.56 Å². The molecule has 10 heteroatoms. The molecule has 0 unspecified atom stereocenters. The zero-order valence-corrected chi connectivity index (χ0v) is 13.7. The van der Waals surface area contributed by atoms with Crippen molar-refractivity contribution in [3.05, 3.63) is 65.2 Å². The number of alkyl halides is 3. The fourth-order valence-electron chi connectivity index (χ4n) is 2.45. The van der Waals surface area contributed by atoms with Crippen LogP contribution in [0.1, 0.15) is 11.4 Å². The van der Waals surface area contributed by atoms with Crippen molar-refractivity contribution in [2.45, 2.75) is 12.8 Å². The first-order valence-electron chi connectivity index (χ1n) is 7.50. The number of benzene rings is 2. The molecule has 0 aliphatic carbocycles. The molecule has 0 fully saturated rings. The Labute approximate surface area is 149 Å². The molecule has 2 aromatic carbocycles. The maximum atomic E-state index is 13.6. The normalized spacial score (nSPS) is 11.7. The Morgan fingerprint density at radius 2 is 1.63 bits per heavy atom. The van der Waals surface area contributed by atoms with Crippen molar-refractivity contribution >= 4 is 0 Å². The molecular formula is C17H11F6N3O. The van der Waals surface area contributed by atoms with Crippen LogP contribution in [0.2, 0.25) is 0 Å². The Bertz CT molecular complexity index is 960.